The van der Waals surface area contributed by atoms with E-state index >= 15 is 0 Å². The van der Waals surface area contributed by atoms with Crippen LogP contribution in [0, 0.1) is 46.3 Å². The molecule has 2 aliphatic heterocycles. The van der Waals surface area contributed by atoms with E-state index in [1.165, 1.54) is 19.3 Å². The number of dihydropyridines is 1. The maximum Gasteiger partial charge on any atom is 0.159 e. The van der Waals surface area contributed by atoms with Crippen molar-refractivity contribution in [2.24, 2.45) is 52.1 Å². The van der Waals surface area contributed by atoms with Gasteiger partial charge in [-0.2, -0.15) is 0 Å². The van der Waals surface area contributed by atoms with Crippen molar-refractivity contribution in [2.45, 2.75) is 165 Å². The number of fused-ring (bicyclic) bond motifs is 6. The molecule has 5 fully saturated rings. The third-order valence-electron chi connectivity index (χ3n) is 15.8. The molecule has 0 aromatic carbocycles. The zero-order valence-electron chi connectivity index (χ0n) is 30.8. The van der Waals surface area contributed by atoms with Gasteiger partial charge in [0.25, 0.3) is 0 Å². The highest BCUT2D eigenvalue weighted by molar-refractivity contribution is 5.95. The summed E-state index contributed by atoms with van der Waals surface area (Å²) in [7, 11) is 0. The lowest BCUT2D eigenvalue weighted by atomic mass is 9.44. The molecule has 4 saturated carbocycles. The Bertz CT molecular complexity index is 1390. The zero-order valence-corrected chi connectivity index (χ0v) is 30.8. The van der Waals surface area contributed by atoms with E-state index in [0.717, 1.165) is 36.3 Å². The number of carbonyl (C=O) groups excluding carboxylic acids is 1. The van der Waals surface area contributed by atoms with Crippen molar-refractivity contribution in [2.75, 3.05) is 0 Å². The monoisotopic (exact) mass is 696 g/mol. The lowest BCUT2D eigenvalue weighted by Gasteiger charge is -2.62. The van der Waals surface area contributed by atoms with Crippen LogP contribution in [0.4, 0.5) is 0 Å². The second-order valence-electron chi connectivity index (χ2n) is 18.2. The van der Waals surface area contributed by atoms with Crippen LogP contribution < -0.4 is 11.1 Å². The van der Waals surface area contributed by atoms with Crippen molar-refractivity contribution in [3.63, 3.8) is 0 Å². The quantitative estimate of drug-likeness (QED) is 0.195. The molecule has 7 rings (SSSR count). The molecule has 1 saturated heterocycles. The van der Waals surface area contributed by atoms with Gasteiger partial charge < -0.3 is 41.3 Å². The first kappa shape index (κ1) is 36.8. The van der Waals surface area contributed by atoms with Crippen LogP contribution in [0.15, 0.2) is 35.6 Å². The number of hydrogen-bond donors (Lipinski definition) is 7. The Labute approximate surface area is 298 Å². The Morgan fingerprint density at radius 3 is 2.58 bits per heavy atom. The van der Waals surface area contributed by atoms with E-state index in [4.69, 9.17) is 10.5 Å². The van der Waals surface area contributed by atoms with Crippen LogP contribution in [0.2, 0.25) is 0 Å². The Hall–Kier alpha value is -1.59. The highest BCUT2D eigenvalue weighted by Crippen LogP contribution is 2.69. The van der Waals surface area contributed by atoms with Crippen LogP contribution in [0.3, 0.4) is 0 Å². The third-order valence-corrected chi connectivity index (χ3v) is 15.8. The minimum absolute atomic E-state index is 0.0867. The number of ether oxygens (including phenoxy) is 1. The van der Waals surface area contributed by atoms with Crippen LogP contribution in [0.25, 0.3) is 0 Å². The lowest BCUT2D eigenvalue weighted by Crippen LogP contribution is -2.64. The van der Waals surface area contributed by atoms with Crippen molar-refractivity contribution in [1.29, 1.82) is 0 Å². The molecular weight excluding hydrogens is 632 g/mol. The molecule has 8 N–H and O–H groups in total. The predicted molar refractivity (Wildman–Crippen MR) is 191 cm³/mol. The van der Waals surface area contributed by atoms with Crippen molar-refractivity contribution >= 4 is 5.78 Å². The summed E-state index contributed by atoms with van der Waals surface area (Å²) in [4.78, 5) is 14.1. The average molecular weight is 697 g/mol. The number of nitrogens with one attached hydrogen (secondary N) is 1. The summed E-state index contributed by atoms with van der Waals surface area (Å²) >= 11 is 0. The van der Waals surface area contributed by atoms with Crippen LogP contribution in [0.5, 0.6) is 0 Å². The first-order chi connectivity index (χ1) is 23.7. The van der Waals surface area contributed by atoms with Gasteiger partial charge in [-0.3, -0.25) is 4.79 Å². The zero-order chi connectivity index (χ0) is 35.8. The number of hydrogen-bond acceptors (Lipinski definition) is 9. The smallest absolute Gasteiger partial charge is 0.159 e. The molecule has 0 aromatic heterocycles. The summed E-state index contributed by atoms with van der Waals surface area (Å²) in [5.41, 5.74) is 3.51. The molecule has 0 amide bonds. The number of nitrogens with two attached hydrogens (primary N) is 1. The van der Waals surface area contributed by atoms with E-state index in [0.29, 0.717) is 50.9 Å². The first-order valence-corrected chi connectivity index (χ1v) is 20.0. The largest absolute Gasteiger partial charge is 0.390 e. The molecule has 5 aliphatic carbocycles. The standard InChI is InChI=1S/C41H64N2O7/c1-5-6-24-7-10-26-23(2)36(50-33(26)11-8-24)37(47)39(4,48)34-15-18-41(49)28-19-30(44)29-20-31(45)32(46)21-40(29,27(28)14-16-38(34,41)3)17-13-25-9-12-35(42)43-22-25/h9,12,19,22-24,26-27,29,31-37,43,45-49H,5-8,10-11,13-18,20-21,42H2,1-4H3. The minimum atomic E-state index is -1.52. The van der Waals surface area contributed by atoms with E-state index in [1.54, 1.807) is 13.0 Å². The maximum atomic E-state index is 14.1. The van der Waals surface area contributed by atoms with Crippen LogP contribution in [-0.4, -0.2) is 79.2 Å². The summed E-state index contributed by atoms with van der Waals surface area (Å²) in [6.45, 7) is 8.23. The minimum Gasteiger partial charge on any atom is -0.390 e. The van der Waals surface area contributed by atoms with E-state index < -0.39 is 58.3 Å². The Kier molecular flexibility index (Phi) is 9.82. The van der Waals surface area contributed by atoms with Gasteiger partial charge in [0.2, 0.25) is 0 Å². The fourth-order valence-electron chi connectivity index (χ4n) is 12.9. The van der Waals surface area contributed by atoms with Crippen molar-refractivity contribution in [3.05, 3.63) is 35.6 Å². The van der Waals surface area contributed by atoms with E-state index in [2.05, 4.69) is 26.1 Å². The molecular formula is C41H64N2O7. The third kappa shape index (κ3) is 5.71. The summed E-state index contributed by atoms with van der Waals surface area (Å²) in [6, 6.07) is 0. The topological polar surface area (TPSA) is 166 Å². The summed E-state index contributed by atoms with van der Waals surface area (Å²) in [5.74, 6) is 0.142. The molecule has 9 heteroatoms. The van der Waals surface area contributed by atoms with Gasteiger partial charge in [0, 0.05) is 17.5 Å². The predicted octanol–water partition coefficient (Wildman–Crippen LogP) is 4.40. The molecule has 16 atom stereocenters. The van der Waals surface area contributed by atoms with Gasteiger partial charge in [0.1, 0.15) is 6.10 Å². The van der Waals surface area contributed by atoms with Crippen LogP contribution in [0.1, 0.15) is 118 Å². The second kappa shape index (κ2) is 13.4. The van der Waals surface area contributed by atoms with Crippen molar-refractivity contribution < 1.29 is 35.1 Å². The van der Waals surface area contributed by atoms with Crippen LogP contribution >= 0.6 is 0 Å². The maximum absolute atomic E-state index is 14.1. The average Bonchev–Trinajstić information content (AvgIpc) is 3.46. The molecule has 2 heterocycles. The van der Waals surface area contributed by atoms with E-state index in [9.17, 15) is 30.3 Å². The first-order valence-electron chi connectivity index (χ1n) is 20.0. The molecule has 16 unspecified atom stereocenters. The molecule has 0 bridgehead atoms. The van der Waals surface area contributed by atoms with Gasteiger partial charge in [-0.15, -0.1) is 0 Å². The number of aliphatic hydroxyl groups is 5. The van der Waals surface area contributed by atoms with E-state index in [1.807, 2.05) is 18.4 Å². The van der Waals surface area contributed by atoms with Gasteiger partial charge in [0.05, 0.1) is 41.8 Å². The van der Waals surface area contributed by atoms with Gasteiger partial charge in [0.15, 0.2) is 5.78 Å². The van der Waals surface area contributed by atoms with Gasteiger partial charge in [-0.1, -0.05) is 46.1 Å². The normalized spacial score (nSPS) is 48.9. The lowest BCUT2D eigenvalue weighted by molar-refractivity contribution is -0.199. The van der Waals surface area contributed by atoms with Gasteiger partial charge in [-0.25, -0.2) is 0 Å². The van der Waals surface area contributed by atoms with Gasteiger partial charge in [-0.05, 0) is 136 Å². The molecule has 7 aliphatic rings. The SMILES string of the molecule is CCCC1CCC2OC(C(O)C(C)(O)C3CCC4(O)C5=CC(=O)C6CC(O)C(O)CC6(CCC6=CNC(N)C=C6)C5CCC34C)C(C)C2CC1. The van der Waals surface area contributed by atoms with Crippen molar-refractivity contribution in [3.8, 4) is 0 Å². The second-order valence-corrected chi connectivity index (χ2v) is 18.2. The number of allylic oxidation sites excluding steroid dienone is 3. The number of rotatable bonds is 8. The van der Waals surface area contributed by atoms with Gasteiger partial charge >= 0.3 is 0 Å². The van der Waals surface area contributed by atoms with Crippen LogP contribution in [-0.2, 0) is 9.53 Å². The number of ketones is 1. The molecule has 50 heavy (non-hydrogen) atoms. The Morgan fingerprint density at radius 2 is 1.86 bits per heavy atom. The summed E-state index contributed by atoms with van der Waals surface area (Å²) in [5, 5.41) is 62.5. The van der Waals surface area contributed by atoms with Crippen molar-refractivity contribution in [1.82, 2.24) is 5.32 Å². The Morgan fingerprint density at radius 1 is 1.10 bits per heavy atom. The van der Waals surface area contributed by atoms with E-state index in [-0.39, 0.29) is 36.3 Å². The number of aliphatic hydroxyl groups excluding tert-OH is 3. The molecule has 280 valence electrons. The fourth-order valence-corrected chi connectivity index (χ4v) is 12.9. The molecule has 9 nitrogen and oxygen atoms in total. The molecule has 0 spiro atoms. The number of carbonyl (C=O) groups is 1. The Balaban J connectivity index is 1.15. The molecule has 0 radical (unpaired) electrons. The fraction of sp³-hybridized carbons (Fsp3) is 0.829. The summed E-state index contributed by atoms with van der Waals surface area (Å²) < 4.78 is 6.67. The highest BCUT2D eigenvalue weighted by atomic mass is 16.5. The highest BCUT2D eigenvalue weighted by Gasteiger charge is 2.70. The molecule has 0 aromatic rings. The summed E-state index contributed by atoms with van der Waals surface area (Å²) in [6.07, 6.45) is 14.8.